The van der Waals surface area contributed by atoms with Gasteiger partial charge in [0.2, 0.25) is 0 Å². The molecule has 20 heavy (non-hydrogen) atoms. The number of hydrogen-bond donors (Lipinski definition) is 1. The smallest absolute Gasteiger partial charge is 0.257 e. The Morgan fingerprint density at radius 3 is 2.80 bits per heavy atom. The summed E-state index contributed by atoms with van der Waals surface area (Å²) < 4.78 is 19.1. The number of ether oxygens (including phenoxy) is 1. The molecular weight excluding hydrogens is 349 g/mol. The SMILES string of the molecule is COc1ccc(Br)c(NC(=O)c2cccc(F)c2Cl)c1. The van der Waals surface area contributed by atoms with Crippen molar-refractivity contribution in [2.24, 2.45) is 0 Å². The van der Waals surface area contributed by atoms with Gasteiger partial charge in [-0.3, -0.25) is 4.79 Å². The summed E-state index contributed by atoms with van der Waals surface area (Å²) in [7, 11) is 1.53. The number of hydrogen-bond acceptors (Lipinski definition) is 2. The average Bonchev–Trinajstić information content (AvgIpc) is 2.44. The maximum absolute atomic E-state index is 13.3. The van der Waals surface area contributed by atoms with Crippen LogP contribution >= 0.6 is 27.5 Å². The van der Waals surface area contributed by atoms with Gasteiger partial charge >= 0.3 is 0 Å². The van der Waals surface area contributed by atoms with Crippen molar-refractivity contribution < 1.29 is 13.9 Å². The van der Waals surface area contributed by atoms with Gasteiger partial charge in [-0.1, -0.05) is 17.7 Å². The number of anilines is 1. The molecule has 6 heteroatoms. The normalized spacial score (nSPS) is 10.2. The second-order valence-corrected chi connectivity index (χ2v) is 5.13. The lowest BCUT2D eigenvalue weighted by Gasteiger charge is -2.10. The lowest BCUT2D eigenvalue weighted by Crippen LogP contribution is -2.13. The molecule has 0 aromatic heterocycles. The summed E-state index contributed by atoms with van der Waals surface area (Å²) >= 11 is 9.10. The van der Waals surface area contributed by atoms with Gasteiger partial charge in [0.1, 0.15) is 11.6 Å². The Morgan fingerprint density at radius 1 is 1.35 bits per heavy atom. The Labute approximate surface area is 128 Å². The Kier molecular flexibility index (Phi) is 4.62. The van der Waals surface area contributed by atoms with Crippen molar-refractivity contribution in [1.29, 1.82) is 0 Å². The van der Waals surface area contributed by atoms with Crippen molar-refractivity contribution in [3.63, 3.8) is 0 Å². The van der Waals surface area contributed by atoms with E-state index in [1.807, 2.05) is 0 Å². The van der Waals surface area contributed by atoms with Crippen LogP contribution in [0.3, 0.4) is 0 Å². The van der Waals surface area contributed by atoms with Crippen LogP contribution in [0.15, 0.2) is 40.9 Å². The molecule has 0 saturated carbocycles. The third-order valence-corrected chi connectivity index (χ3v) is 3.69. The molecule has 0 bridgehead atoms. The van der Waals surface area contributed by atoms with Gasteiger partial charge in [-0.15, -0.1) is 0 Å². The second-order valence-electron chi connectivity index (χ2n) is 3.90. The fourth-order valence-corrected chi connectivity index (χ4v) is 2.15. The molecule has 2 rings (SSSR count). The predicted molar refractivity (Wildman–Crippen MR) is 80.1 cm³/mol. The van der Waals surface area contributed by atoms with Gasteiger partial charge < -0.3 is 10.1 Å². The molecule has 104 valence electrons. The van der Waals surface area contributed by atoms with E-state index in [9.17, 15) is 9.18 Å². The van der Waals surface area contributed by atoms with Crippen molar-refractivity contribution in [2.75, 3.05) is 12.4 Å². The van der Waals surface area contributed by atoms with E-state index in [0.29, 0.717) is 15.9 Å². The van der Waals surface area contributed by atoms with Crippen LogP contribution in [0.4, 0.5) is 10.1 Å². The molecule has 1 amide bonds. The number of amides is 1. The second kappa shape index (κ2) is 6.24. The summed E-state index contributed by atoms with van der Waals surface area (Å²) in [5, 5.41) is 2.45. The topological polar surface area (TPSA) is 38.3 Å². The molecule has 0 atom stereocenters. The maximum Gasteiger partial charge on any atom is 0.257 e. The Bertz CT molecular complexity index is 664. The van der Waals surface area contributed by atoms with Gasteiger partial charge in [0, 0.05) is 10.5 Å². The highest BCUT2D eigenvalue weighted by Gasteiger charge is 2.15. The molecule has 0 radical (unpaired) electrons. The summed E-state index contributed by atoms with van der Waals surface area (Å²) in [5.74, 6) is -0.540. The fraction of sp³-hybridized carbons (Fsp3) is 0.0714. The highest BCUT2D eigenvalue weighted by Crippen LogP contribution is 2.28. The van der Waals surface area contributed by atoms with Crippen molar-refractivity contribution in [3.05, 3.63) is 57.3 Å². The number of methoxy groups -OCH3 is 1. The Balaban J connectivity index is 2.30. The van der Waals surface area contributed by atoms with Crippen molar-refractivity contribution in [2.45, 2.75) is 0 Å². The molecule has 0 aliphatic carbocycles. The number of carbonyl (C=O) groups is 1. The molecule has 0 fully saturated rings. The number of nitrogens with one attached hydrogen (secondary N) is 1. The first-order valence-electron chi connectivity index (χ1n) is 5.62. The molecule has 0 unspecified atom stereocenters. The van der Waals surface area contributed by atoms with E-state index in [2.05, 4.69) is 21.2 Å². The summed E-state index contributed by atoms with van der Waals surface area (Å²) in [6.45, 7) is 0. The third-order valence-electron chi connectivity index (χ3n) is 2.62. The zero-order valence-corrected chi connectivity index (χ0v) is 12.8. The first-order chi connectivity index (χ1) is 9.52. The summed E-state index contributed by atoms with van der Waals surface area (Å²) in [6, 6.07) is 9.21. The Morgan fingerprint density at radius 2 is 2.10 bits per heavy atom. The Hall–Kier alpha value is -1.59. The molecule has 0 aliphatic heterocycles. The van der Waals surface area contributed by atoms with Gasteiger partial charge in [0.15, 0.2) is 0 Å². The van der Waals surface area contributed by atoms with Crippen LogP contribution < -0.4 is 10.1 Å². The molecule has 2 aromatic rings. The summed E-state index contributed by atoms with van der Waals surface area (Å²) in [5.41, 5.74) is 0.580. The third kappa shape index (κ3) is 3.11. The quantitative estimate of drug-likeness (QED) is 0.877. The minimum atomic E-state index is -0.635. The van der Waals surface area contributed by atoms with Crippen LogP contribution in [-0.4, -0.2) is 13.0 Å². The number of benzene rings is 2. The molecular formula is C14H10BrClFNO2. The lowest BCUT2D eigenvalue weighted by molar-refractivity contribution is 0.102. The zero-order valence-electron chi connectivity index (χ0n) is 10.4. The van der Waals surface area contributed by atoms with E-state index in [4.69, 9.17) is 16.3 Å². The fourth-order valence-electron chi connectivity index (χ4n) is 1.60. The van der Waals surface area contributed by atoms with Crippen LogP contribution in [0.25, 0.3) is 0 Å². The first kappa shape index (κ1) is 14.8. The van der Waals surface area contributed by atoms with Crippen LogP contribution in [0.5, 0.6) is 5.75 Å². The molecule has 2 aromatic carbocycles. The highest BCUT2D eigenvalue weighted by atomic mass is 79.9. The molecule has 0 aliphatic rings. The van der Waals surface area contributed by atoms with E-state index in [0.717, 1.165) is 0 Å². The number of halogens is 3. The van der Waals surface area contributed by atoms with Gasteiger partial charge in [-0.05, 0) is 40.2 Å². The van der Waals surface area contributed by atoms with Crippen molar-refractivity contribution in [1.82, 2.24) is 0 Å². The first-order valence-corrected chi connectivity index (χ1v) is 6.79. The molecule has 0 spiro atoms. The molecule has 0 saturated heterocycles. The van der Waals surface area contributed by atoms with E-state index < -0.39 is 11.7 Å². The minimum Gasteiger partial charge on any atom is -0.497 e. The van der Waals surface area contributed by atoms with Crippen LogP contribution in [0.1, 0.15) is 10.4 Å². The molecule has 1 N–H and O–H groups in total. The highest BCUT2D eigenvalue weighted by molar-refractivity contribution is 9.10. The maximum atomic E-state index is 13.3. The van der Waals surface area contributed by atoms with Crippen LogP contribution in [0, 0.1) is 5.82 Å². The molecule has 3 nitrogen and oxygen atoms in total. The van der Waals surface area contributed by atoms with Gasteiger partial charge in [0.05, 0.1) is 23.4 Å². The summed E-state index contributed by atoms with van der Waals surface area (Å²) in [4.78, 5) is 12.1. The predicted octanol–water partition coefficient (Wildman–Crippen LogP) is 4.50. The average molecular weight is 359 g/mol. The summed E-state index contributed by atoms with van der Waals surface area (Å²) in [6.07, 6.45) is 0. The van der Waals surface area contributed by atoms with E-state index >= 15 is 0 Å². The standard InChI is InChI=1S/C14H10BrClFNO2/c1-20-8-5-6-10(15)12(7-8)18-14(19)9-3-2-4-11(17)13(9)16/h2-7H,1H3,(H,18,19). The monoisotopic (exact) mass is 357 g/mol. The van der Waals surface area contributed by atoms with E-state index in [1.54, 1.807) is 18.2 Å². The van der Waals surface area contributed by atoms with Crippen LogP contribution in [-0.2, 0) is 0 Å². The van der Waals surface area contributed by atoms with Gasteiger partial charge in [-0.2, -0.15) is 0 Å². The van der Waals surface area contributed by atoms with E-state index in [-0.39, 0.29) is 10.6 Å². The zero-order chi connectivity index (χ0) is 14.7. The van der Waals surface area contributed by atoms with Crippen molar-refractivity contribution in [3.8, 4) is 5.75 Å². The van der Waals surface area contributed by atoms with Gasteiger partial charge in [-0.25, -0.2) is 4.39 Å². The number of rotatable bonds is 3. The molecule has 0 heterocycles. The number of carbonyl (C=O) groups excluding carboxylic acids is 1. The lowest BCUT2D eigenvalue weighted by atomic mass is 10.2. The minimum absolute atomic E-state index is 0.0707. The van der Waals surface area contributed by atoms with Gasteiger partial charge in [0.25, 0.3) is 5.91 Å². The largest absolute Gasteiger partial charge is 0.497 e. The van der Waals surface area contributed by atoms with Crippen LogP contribution in [0.2, 0.25) is 5.02 Å². The van der Waals surface area contributed by atoms with E-state index in [1.165, 1.54) is 25.3 Å². The van der Waals surface area contributed by atoms with Crippen molar-refractivity contribution >= 4 is 39.1 Å².